The lowest BCUT2D eigenvalue weighted by molar-refractivity contribution is 0.236. The van der Waals surface area contributed by atoms with Crippen LogP contribution in [0.15, 0.2) is 18.2 Å². The molecule has 2 atom stereocenters. The number of aliphatic hydroxyl groups excluding tert-OH is 1. The predicted molar refractivity (Wildman–Crippen MR) is 66.8 cm³/mol. The van der Waals surface area contributed by atoms with E-state index < -0.39 is 0 Å². The molecule has 1 aliphatic carbocycles. The molecule has 0 radical (unpaired) electrons. The number of aliphatic hydroxyl groups is 1. The third-order valence-electron chi connectivity index (χ3n) is 3.21. The van der Waals surface area contributed by atoms with E-state index in [1.165, 1.54) is 11.1 Å². The normalized spacial score (nSPS) is 21.6. The number of hydrogen-bond donors (Lipinski definition) is 2. The van der Waals surface area contributed by atoms with E-state index >= 15 is 0 Å². The lowest BCUT2D eigenvalue weighted by atomic mass is 9.87. The van der Waals surface area contributed by atoms with E-state index in [-0.39, 0.29) is 12.6 Å². The summed E-state index contributed by atoms with van der Waals surface area (Å²) in [7, 11) is 0. The van der Waals surface area contributed by atoms with Gasteiger partial charge in [-0.2, -0.15) is 0 Å². The van der Waals surface area contributed by atoms with Gasteiger partial charge in [0.15, 0.2) is 0 Å². The van der Waals surface area contributed by atoms with Crippen LogP contribution >= 0.6 is 11.6 Å². The van der Waals surface area contributed by atoms with E-state index in [0.29, 0.717) is 6.04 Å². The average molecular weight is 240 g/mol. The maximum Gasteiger partial charge on any atom is 0.0582 e. The van der Waals surface area contributed by atoms with Crippen molar-refractivity contribution in [3.8, 4) is 0 Å². The molecule has 2 rings (SSSR count). The van der Waals surface area contributed by atoms with Crippen molar-refractivity contribution in [1.82, 2.24) is 5.32 Å². The van der Waals surface area contributed by atoms with Crippen molar-refractivity contribution in [3.05, 3.63) is 34.3 Å². The van der Waals surface area contributed by atoms with Crippen LogP contribution in [0.2, 0.25) is 5.02 Å². The topological polar surface area (TPSA) is 32.3 Å². The summed E-state index contributed by atoms with van der Waals surface area (Å²) in [6.07, 6.45) is 3.35. The zero-order valence-corrected chi connectivity index (χ0v) is 10.3. The Morgan fingerprint density at radius 3 is 3.12 bits per heavy atom. The predicted octanol–water partition coefficient (Wildman–Crippen LogP) is 2.69. The first-order valence-electron chi connectivity index (χ1n) is 5.86. The highest BCUT2D eigenvalue weighted by Crippen LogP contribution is 2.33. The minimum atomic E-state index is 0.134. The highest BCUT2D eigenvalue weighted by Gasteiger charge is 2.22. The Kier molecular flexibility index (Phi) is 3.85. The molecule has 0 saturated heterocycles. The van der Waals surface area contributed by atoms with Gasteiger partial charge < -0.3 is 10.4 Å². The Morgan fingerprint density at radius 2 is 2.38 bits per heavy atom. The zero-order valence-electron chi connectivity index (χ0n) is 9.54. The third-order valence-corrected chi connectivity index (χ3v) is 3.56. The Balaban J connectivity index is 2.23. The molecule has 1 aromatic rings. The summed E-state index contributed by atoms with van der Waals surface area (Å²) >= 11 is 6.20. The Labute approximate surface area is 102 Å². The molecule has 0 aliphatic heterocycles. The van der Waals surface area contributed by atoms with Gasteiger partial charge in [-0.1, -0.05) is 23.7 Å². The van der Waals surface area contributed by atoms with Gasteiger partial charge >= 0.3 is 0 Å². The van der Waals surface area contributed by atoms with Crippen LogP contribution in [-0.4, -0.2) is 17.8 Å². The smallest absolute Gasteiger partial charge is 0.0582 e. The molecule has 0 heterocycles. The number of hydrogen-bond acceptors (Lipinski definition) is 2. The molecule has 3 heteroatoms. The molecular weight excluding hydrogens is 222 g/mol. The SMILES string of the molecule is C[C@H](CO)NC1CCCc2c(Cl)cccc21. The number of benzene rings is 1. The van der Waals surface area contributed by atoms with Crippen molar-refractivity contribution in [1.29, 1.82) is 0 Å². The summed E-state index contributed by atoms with van der Waals surface area (Å²) in [5.41, 5.74) is 2.58. The van der Waals surface area contributed by atoms with E-state index in [1.807, 2.05) is 19.1 Å². The van der Waals surface area contributed by atoms with Crippen LogP contribution in [0, 0.1) is 0 Å². The summed E-state index contributed by atoms with van der Waals surface area (Å²) in [5, 5.41) is 13.4. The molecule has 16 heavy (non-hydrogen) atoms. The lowest BCUT2D eigenvalue weighted by Crippen LogP contribution is -2.35. The third kappa shape index (κ3) is 2.40. The van der Waals surface area contributed by atoms with Crippen LogP contribution in [0.25, 0.3) is 0 Å². The van der Waals surface area contributed by atoms with Gasteiger partial charge in [0.1, 0.15) is 0 Å². The van der Waals surface area contributed by atoms with E-state index in [4.69, 9.17) is 16.7 Å². The van der Waals surface area contributed by atoms with Crippen LogP contribution in [0.5, 0.6) is 0 Å². The molecule has 0 aromatic heterocycles. The first-order chi connectivity index (χ1) is 7.72. The quantitative estimate of drug-likeness (QED) is 0.850. The minimum absolute atomic E-state index is 0.134. The first kappa shape index (κ1) is 11.9. The van der Waals surface area contributed by atoms with Gasteiger partial charge in [-0.3, -0.25) is 0 Å². The summed E-state index contributed by atoms with van der Waals surface area (Å²) < 4.78 is 0. The van der Waals surface area contributed by atoms with Gasteiger partial charge in [0.05, 0.1) is 6.61 Å². The standard InChI is InChI=1S/C13H18ClNO/c1-9(8-16)15-13-7-3-4-10-11(13)5-2-6-12(10)14/h2,5-6,9,13,15-16H,3-4,7-8H2,1H3/t9-,13?/m1/s1. The Hall–Kier alpha value is -0.570. The van der Waals surface area contributed by atoms with Crippen LogP contribution < -0.4 is 5.32 Å². The van der Waals surface area contributed by atoms with E-state index in [1.54, 1.807) is 0 Å². The van der Waals surface area contributed by atoms with Gasteiger partial charge in [-0.15, -0.1) is 0 Å². The molecule has 2 nitrogen and oxygen atoms in total. The molecule has 1 aromatic carbocycles. The summed E-state index contributed by atoms with van der Waals surface area (Å²) in [6.45, 7) is 2.17. The van der Waals surface area contributed by atoms with E-state index in [0.717, 1.165) is 24.3 Å². The number of fused-ring (bicyclic) bond motifs is 1. The summed E-state index contributed by atoms with van der Waals surface area (Å²) in [5.74, 6) is 0. The molecule has 0 spiro atoms. The molecular formula is C13H18ClNO. The molecule has 0 saturated carbocycles. The van der Waals surface area contributed by atoms with E-state index in [9.17, 15) is 0 Å². The summed E-state index contributed by atoms with van der Waals surface area (Å²) in [6, 6.07) is 6.57. The van der Waals surface area contributed by atoms with Crippen LogP contribution in [0.4, 0.5) is 0 Å². The van der Waals surface area contributed by atoms with Crippen LogP contribution in [-0.2, 0) is 6.42 Å². The maximum absolute atomic E-state index is 9.08. The average Bonchev–Trinajstić information content (AvgIpc) is 2.30. The van der Waals surface area contributed by atoms with Crippen molar-refractivity contribution in [2.75, 3.05) is 6.61 Å². The molecule has 2 N–H and O–H groups in total. The highest BCUT2D eigenvalue weighted by molar-refractivity contribution is 6.31. The van der Waals surface area contributed by atoms with Crippen molar-refractivity contribution in [2.24, 2.45) is 0 Å². The van der Waals surface area contributed by atoms with Crippen molar-refractivity contribution in [2.45, 2.75) is 38.3 Å². The van der Waals surface area contributed by atoms with Gasteiger partial charge in [-0.25, -0.2) is 0 Å². The summed E-state index contributed by atoms with van der Waals surface area (Å²) in [4.78, 5) is 0. The second-order valence-corrected chi connectivity index (χ2v) is 4.91. The fourth-order valence-electron chi connectivity index (χ4n) is 2.37. The largest absolute Gasteiger partial charge is 0.395 e. The van der Waals surface area contributed by atoms with Crippen molar-refractivity contribution in [3.63, 3.8) is 0 Å². The van der Waals surface area contributed by atoms with Gasteiger partial charge in [0.2, 0.25) is 0 Å². The van der Waals surface area contributed by atoms with Gasteiger partial charge in [0.25, 0.3) is 0 Å². The Bertz CT molecular complexity index is 367. The monoisotopic (exact) mass is 239 g/mol. The van der Waals surface area contributed by atoms with E-state index in [2.05, 4.69) is 11.4 Å². The second kappa shape index (κ2) is 5.17. The molecule has 88 valence electrons. The van der Waals surface area contributed by atoms with Crippen molar-refractivity contribution >= 4 is 11.6 Å². The van der Waals surface area contributed by atoms with Crippen LogP contribution in [0.1, 0.15) is 36.9 Å². The van der Waals surface area contributed by atoms with Crippen molar-refractivity contribution < 1.29 is 5.11 Å². The number of rotatable bonds is 3. The van der Waals surface area contributed by atoms with Gasteiger partial charge in [-0.05, 0) is 43.4 Å². The van der Waals surface area contributed by atoms with Crippen LogP contribution in [0.3, 0.4) is 0 Å². The molecule has 1 unspecified atom stereocenters. The maximum atomic E-state index is 9.08. The molecule has 0 bridgehead atoms. The highest BCUT2D eigenvalue weighted by atomic mass is 35.5. The molecule has 0 amide bonds. The van der Waals surface area contributed by atoms with Gasteiger partial charge in [0, 0.05) is 17.1 Å². The lowest BCUT2D eigenvalue weighted by Gasteiger charge is -2.29. The number of halogens is 1. The molecule has 1 aliphatic rings. The zero-order chi connectivity index (χ0) is 11.5. The minimum Gasteiger partial charge on any atom is -0.395 e. The fraction of sp³-hybridized carbons (Fsp3) is 0.538. The second-order valence-electron chi connectivity index (χ2n) is 4.50. The number of nitrogens with one attached hydrogen (secondary N) is 1. The fourth-order valence-corrected chi connectivity index (χ4v) is 2.65. The first-order valence-corrected chi connectivity index (χ1v) is 6.24. The molecule has 0 fully saturated rings. The Morgan fingerprint density at radius 1 is 1.56 bits per heavy atom.